The molecule has 0 radical (unpaired) electrons. The molecule has 0 bridgehead atoms. The molecule has 6 amide bonds. The molecule has 1 heterocycles. The molecule has 1 aliphatic carbocycles. The fraction of sp³-hybridized carbons (Fsp3) is 0.450. The zero-order chi connectivity index (χ0) is 21.7. The predicted octanol–water partition coefficient (Wildman–Crippen LogP) is 0.981. The third-order valence-electron chi connectivity index (χ3n) is 5.15. The Kier molecular flexibility index (Phi) is 6.34. The molecule has 1 saturated carbocycles. The van der Waals surface area contributed by atoms with E-state index in [0.717, 1.165) is 17.7 Å². The van der Waals surface area contributed by atoms with Gasteiger partial charge in [-0.25, -0.2) is 9.59 Å². The van der Waals surface area contributed by atoms with Crippen LogP contribution in [0.5, 0.6) is 0 Å². The molecule has 10 heteroatoms. The number of hydrogen-bond acceptors (Lipinski definition) is 6. The van der Waals surface area contributed by atoms with Crippen LogP contribution in [0.25, 0.3) is 0 Å². The standard InChI is InChI=1S/C20H24N4O6/c1-2-21-18(28)22-16(26)15(13-8-4-3-5-9-13)30-14(25)12-24-17(27)20(23-19(24)29)10-6-7-11-20/h3-5,8-9,15H,2,6-7,10-12H2,1H3,(H,23,29)(H2,21,22,26,28)/t15-/m1/s1. The van der Waals surface area contributed by atoms with Crippen LogP contribution < -0.4 is 16.0 Å². The first-order chi connectivity index (χ1) is 14.4. The van der Waals surface area contributed by atoms with Gasteiger partial charge in [-0.2, -0.15) is 0 Å². The third-order valence-corrected chi connectivity index (χ3v) is 5.15. The van der Waals surface area contributed by atoms with Gasteiger partial charge in [0, 0.05) is 12.1 Å². The Labute approximate surface area is 173 Å². The van der Waals surface area contributed by atoms with E-state index in [1.54, 1.807) is 37.3 Å². The molecule has 2 aliphatic rings. The molecule has 0 unspecified atom stereocenters. The van der Waals surface area contributed by atoms with Crippen molar-refractivity contribution in [3.63, 3.8) is 0 Å². The Morgan fingerprint density at radius 1 is 1.17 bits per heavy atom. The molecule has 1 aliphatic heterocycles. The molecule has 3 rings (SSSR count). The van der Waals surface area contributed by atoms with Crippen LogP contribution >= 0.6 is 0 Å². The number of hydrogen-bond donors (Lipinski definition) is 3. The SMILES string of the molecule is CCNC(=O)NC(=O)[C@H](OC(=O)CN1C(=O)NC2(CCCC2)C1=O)c1ccccc1. The van der Waals surface area contributed by atoms with E-state index in [4.69, 9.17) is 4.74 Å². The molecular weight excluding hydrogens is 392 g/mol. The first-order valence-electron chi connectivity index (χ1n) is 9.83. The van der Waals surface area contributed by atoms with E-state index in [9.17, 15) is 24.0 Å². The summed E-state index contributed by atoms with van der Waals surface area (Å²) in [7, 11) is 0. The number of ether oxygens (including phenoxy) is 1. The number of imide groups is 2. The number of rotatable bonds is 6. The lowest BCUT2D eigenvalue weighted by Crippen LogP contribution is -2.45. The number of nitrogens with one attached hydrogen (secondary N) is 3. The Hall–Kier alpha value is -3.43. The smallest absolute Gasteiger partial charge is 0.327 e. The van der Waals surface area contributed by atoms with Crippen LogP contribution in [0, 0.1) is 0 Å². The summed E-state index contributed by atoms with van der Waals surface area (Å²) < 4.78 is 5.28. The van der Waals surface area contributed by atoms with Crippen molar-refractivity contribution < 1.29 is 28.7 Å². The van der Waals surface area contributed by atoms with Crippen LogP contribution in [-0.4, -0.2) is 53.4 Å². The highest BCUT2D eigenvalue weighted by atomic mass is 16.5. The topological polar surface area (TPSA) is 134 Å². The highest BCUT2D eigenvalue weighted by Crippen LogP contribution is 2.35. The fourth-order valence-electron chi connectivity index (χ4n) is 3.72. The second-order valence-corrected chi connectivity index (χ2v) is 7.24. The Morgan fingerprint density at radius 3 is 2.47 bits per heavy atom. The molecule has 1 atom stereocenters. The van der Waals surface area contributed by atoms with Crippen molar-refractivity contribution in [1.29, 1.82) is 0 Å². The zero-order valence-corrected chi connectivity index (χ0v) is 16.6. The van der Waals surface area contributed by atoms with Gasteiger partial charge in [-0.15, -0.1) is 0 Å². The van der Waals surface area contributed by atoms with Crippen molar-refractivity contribution in [2.45, 2.75) is 44.2 Å². The molecule has 1 spiro atoms. The lowest BCUT2D eigenvalue weighted by Gasteiger charge is -2.21. The van der Waals surface area contributed by atoms with E-state index >= 15 is 0 Å². The molecule has 30 heavy (non-hydrogen) atoms. The zero-order valence-electron chi connectivity index (χ0n) is 16.6. The number of esters is 1. The van der Waals surface area contributed by atoms with Crippen LogP contribution in [0.1, 0.15) is 44.3 Å². The summed E-state index contributed by atoms with van der Waals surface area (Å²) in [6.45, 7) is 1.38. The van der Waals surface area contributed by atoms with Crippen molar-refractivity contribution in [2.24, 2.45) is 0 Å². The summed E-state index contributed by atoms with van der Waals surface area (Å²) in [5, 5.41) is 7.21. The summed E-state index contributed by atoms with van der Waals surface area (Å²) >= 11 is 0. The highest BCUT2D eigenvalue weighted by molar-refractivity contribution is 6.09. The van der Waals surface area contributed by atoms with Gasteiger partial charge in [0.25, 0.3) is 11.8 Å². The van der Waals surface area contributed by atoms with Gasteiger partial charge in [-0.05, 0) is 19.8 Å². The normalized spacial score (nSPS) is 18.1. The van der Waals surface area contributed by atoms with Gasteiger partial charge in [-0.3, -0.25) is 24.6 Å². The second kappa shape index (κ2) is 8.93. The minimum atomic E-state index is -1.41. The Bertz CT molecular complexity index is 850. The first-order valence-corrected chi connectivity index (χ1v) is 9.83. The van der Waals surface area contributed by atoms with Gasteiger partial charge in [0.05, 0.1) is 0 Å². The van der Waals surface area contributed by atoms with Crippen molar-refractivity contribution in [3.8, 4) is 0 Å². The van der Waals surface area contributed by atoms with Gasteiger partial charge in [0.2, 0.25) is 6.10 Å². The molecular formula is C20H24N4O6. The largest absolute Gasteiger partial charge is 0.446 e. The van der Waals surface area contributed by atoms with Gasteiger partial charge in [-0.1, -0.05) is 43.2 Å². The average Bonchev–Trinajstić information content (AvgIpc) is 3.27. The summed E-state index contributed by atoms with van der Waals surface area (Å²) in [6, 6.07) is 6.78. The van der Waals surface area contributed by atoms with Crippen LogP contribution in [0.15, 0.2) is 30.3 Å². The molecule has 2 fully saturated rings. The molecule has 160 valence electrons. The number of benzene rings is 1. The Morgan fingerprint density at radius 2 is 1.83 bits per heavy atom. The van der Waals surface area contributed by atoms with E-state index in [1.165, 1.54) is 0 Å². The number of amides is 6. The van der Waals surface area contributed by atoms with Crippen molar-refractivity contribution >= 4 is 29.8 Å². The molecule has 3 N–H and O–H groups in total. The van der Waals surface area contributed by atoms with E-state index in [2.05, 4.69) is 16.0 Å². The van der Waals surface area contributed by atoms with Gasteiger partial charge in [0.1, 0.15) is 12.1 Å². The van der Waals surface area contributed by atoms with Crippen LogP contribution in [-0.2, 0) is 19.1 Å². The molecule has 1 aromatic carbocycles. The van der Waals surface area contributed by atoms with Crippen LogP contribution in [0.2, 0.25) is 0 Å². The van der Waals surface area contributed by atoms with Gasteiger partial charge < -0.3 is 15.4 Å². The Balaban J connectivity index is 1.70. The van der Waals surface area contributed by atoms with E-state index in [1.807, 2.05) is 0 Å². The minimum absolute atomic E-state index is 0.308. The van der Waals surface area contributed by atoms with E-state index < -0.39 is 48.0 Å². The quantitative estimate of drug-likeness (QED) is 0.468. The minimum Gasteiger partial charge on any atom is -0.446 e. The number of carbonyl (C=O) groups excluding carboxylic acids is 5. The van der Waals surface area contributed by atoms with Gasteiger partial charge in [0.15, 0.2) is 0 Å². The lowest BCUT2D eigenvalue weighted by atomic mass is 9.98. The van der Waals surface area contributed by atoms with E-state index in [-0.39, 0.29) is 0 Å². The predicted molar refractivity (Wildman–Crippen MR) is 104 cm³/mol. The van der Waals surface area contributed by atoms with Crippen LogP contribution in [0.3, 0.4) is 0 Å². The lowest BCUT2D eigenvalue weighted by molar-refractivity contribution is -0.157. The van der Waals surface area contributed by atoms with Crippen molar-refractivity contribution in [3.05, 3.63) is 35.9 Å². The van der Waals surface area contributed by atoms with Crippen molar-refractivity contribution in [2.75, 3.05) is 13.1 Å². The van der Waals surface area contributed by atoms with Crippen molar-refractivity contribution in [1.82, 2.24) is 20.9 Å². The van der Waals surface area contributed by atoms with E-state index in [0.29, 0.717) is 24.9 Å². The number of carbonyl (C=O) groups is 5. The summed E-state index contributed by atoms with van der Waals surface area (Å²) in [4.78, 5) is 62.5. The summed E-state index contributed by atoms with van der Waals surface area (Å²) in [6.07, 6.45) is 1.29. The fourth-order valence-corrected chi connectivity index (χ4v) is 3.72. The maximum atomic E-state index is 12.7. The maximum Gasteiger partial charge on any atom is 0.327 e. The molecule has 1 aromatic rings. The molecule has 1 saturated heterocycles. The number of urea groups is 2. The summed E-state index contributed by atoms with van der Waals surface area (Å²) in [5.74, 6) is -2.23. The number of nitrogens with zero attached hydrogens (tertiary/aromatic N) is 1. The highest BCUT2D eigenvalue weighted by Gasteiger charge is 2.53. The first kappa shape index (κ1) is 21.3. The average molecular weight is 416 g/mol. The van der Waals surface area contributed by atoms with Crippen LogP contribution in [0.4, 0.5) is 9.59 Å². The monoisotopic (exact) mass is 416 g/mol. The molecule has 10 nitrogen and oxygen atoms in total. The molecule has 0 aromatic heterocycles. The maximum absolute atomic E-state index is 12.7. The van der Waals surface area contributed by atoms with Gasteiger partial charge >= 0.3 is 18.0 Å². The third kappa shape index (κ3) is 4.42. The summed E-state index contributed by atoms with van der Waals surface area (Å²) in [5.41, 5.74) is -0.594. The second-order valence-electron chi connectivity index (χ2n) is 7.24.